The Bertz CT molecular complexity index is 316. The van der Waals surface area contributed by atoms with Crippen molar-refractivity contribution in [2.24, 2.45) is 0 Å². The van der Waals surface area contributed by atoms with Gasteiger partial charge in [0, 0.05) is 25.9 Å². The third-order valence-corrected chi connectivity index (χ3v) is 2.30. The summed E-state index contributed by atoms with van der Waals surface area (Å²) in [4.78, 5) is 2.10. The molecule has 0 atom stereocenters. The van der Waals surface area contributed by atoms with Crippen LogP contribution in [0.3, 0.4) is 0 Å². The molecule has 0 aliphatic carbocycles. The van der Waals surface area contributed by atoms with Gasteiger partial charge in [-0.25, -0.2) is 0 Å². The average molecular weight is 175 g/mol. The molecule has 1 heterocycles. The molecule has 4 heteroatoms. The van der Waals surface area contributed by atoms with Crippen LogP contribution in [0.25, 0.3) is 0 Å². The number of nitrogens with zero attached hydrogens (tertiary/aromatic N) is 1. The van der Waals surface area contributed by atoms with Gasteiger partial charge in [0.05, 0.1) is 0 Å². The van der Waals surface area contributed by atoms with Gasteiger partial charge in [0.1, 0.15) is 0 Å². The molecule has 0 aromatic heterocycles. The molecule has 0 unspecified atom stereocenters. The molecular weight excluding hydrogens is 163 g/mol. The van der Waals surface area contributed by atoms with E-state index in [1.807, 2.05) is 12.1 Å². The highest BCUT2D eigenvalue weighted by Crippen LogP contribution is 2.26. The van der Waals surface area contributed by atoms with E-state index in [-0.39, 0.29) is 0 Å². The molecule has 1 aliphatic rings. The first-order valence-electron chi connectivity index (χ1n) is 4.27. The van der Waals surface area contributed by atoms with Crippen LogP contribution in [0.1, 0.15) is 11.1 Å². The fourth-order valence-electron chi connectivity index (χ4n) is 1.70. The SMILES string of the molecule is CO[B]N1Cc2cccc(N)c2C1. The molecule has 2 rings (SSSR count). The predicted molar refractivity (Wildman–Crippen MR) is 52.9 cm³/mol. The van der Waals surface area contributed by atoms with E-state index in [0.717, 1.165) is 18.8 Å². The minimum absolute atomic E-state index is 0.857. The van der Waals surface area contributed by atoms with Gasteiger partial charge in [-0.3, -0.25) is 0 Å². The lowest BCUT2D eigenvalue weighted by atomic mass is 10.1. The van der Waals surface area contributed by atoms with Gasteiger partial charge in [0.25, 0.3) is 0 Å². The number of anilines is 1. The Kier molecular flexibility index (Phi) is 2.25. The predicted octanol–water partition coefficient (Wildman–Crippen LogP) is 0.765. The summed E-state index contributed by atoms with van der Waals surface area (Å²) in [6, 6.07) is 6.04. The molecule has 0 saturated heterocycles. The molecule has 67 valence electrons. The van der Waals surface area contributed by atoms with Crippen molar-refractivity contribution in [2.45, 2.75) is 13.1 Å². The van der Waals surface area contributed by atoms with Gasteiger partial charge in [-0.1, -0.05) is 12.1 Å². The zero-order chi connectivity index (χ0) is 9.26. The van der Waals surface area contributed by atoms with Crippen molar-refractivity contribution in [2.75, 3.05) is 12.8 Å². The molecule has 2 N–H and O–H groups in total. The van der Waals surface area contributed by atoms with Gasteiger partial charge in [0.15, 0.2) is 0 Å². The second-order valence-electron chi connectivity index (χ2n) is 3.23. The fourth-order valence-corrected chi connectivity index (χ4v) is 1.70. The van der Waals surface area contributed by atoms with Crippen LogP contribution in [0.5, 0.6) is 0 Å². The van der Waals surface area contributed by atoms with E-state index < -0.39 is 0 Å². The molecule has 0 bridgehead atoms. The fraction of sp³-hybridized carbons (Fsp3) is 0.333. The van der Waals surface area contributed by atoms with Crippen molar-refractivity contribution < 1.29 is 4.65 Å². The van der Waals surface area contributed by atoms with Gasteiger partial charge in [-0.15, -0.1) is 0 Å². The lowest BCUT2D eigenvalue weighted by Gasteiger charge is -2.09. The summed E-state index contributed by atoms with van der Waals surface area (Å²) in [5.41, 5.74) is 9.26. The van der Waals surface area contributed by atoms with Crippen molar-refractivity contribution in [1.82, 2.24) is 4.81 Å². The zero-order valence-electron chi connectivity index (χ0n) is 7.66. The molecule has 0 amide bonds. The summed E-state index contributed by atoms with van der Waals surface area (Å²) in [7, 11) is 3.39. The zero-order valence-corrected chi connectivity index (χ0v) is 7.66. The molecular formula is C9H12BN2O. The molecule has 0 fully saturated rings. The van der Waals surface area contributed by atoms with Crippen molar-refractivity contribution in [3.63, 3.8) is 0 Å². The third-order valence-electron chi connectivity index (χ3n) is 2.30. The van der Waals surface area contributed by atoms with E-state index in [2.05, 4.69) is 10.9 Å². The van der Waals surface area contributed by atoms with E-state index in [1.54, 1.807) is 14.7 Å². The quantitative estimate of drug-likeness (QED) is 0.532. The first-order chi connectivity index (χ1) is 6.31. The van der Waals surface area contributed by atoms with Crippen LogP contribution in [-0.2, 0) is 17.7 Å². The van der Waals surface area contributed by atoms with Crippen molar-refractivity contribution >= 4 is 13.3 Å². The summed E-state index contributed by atoms with van der Waals surface area (Å²) in [6.07, 6.45) is 0. The highest BCUT2D eigenvalue weighted by Gasteiger charge is 2.20. The van der Waals surface area contributed by atoms with Gasteiger partial charge < -0.3 is 15.2 Å². The number of rotatable bonds is 2. The molecule has 1 aliphatic heterocycles. The number of nitrogens with two attached hydrogens (primary N) is 1. The Balaban J connectivity index is 2.20. The van der Waals surface area contributed by atoms with Gasteiger partial charge in [-0.05, 0) is 17.2 Å². The molecule has 1 radical (unpaired) electrons. The monoisotopic (exact) mass is 175 g/mol. The van der Waals surface area contributed by atoms with Crippen LogP contribution in [0.4, 0.5) is 5.69 Å². The highest BCUT2D eigenvalue weighted by atomic mass is 16.4. The Morgan fingerprint density at radius 3 is 3.00 bits per heavy atom. The summed E-state index contributed by atoms with van der Waals surface area (Å²) >= 11 is 0. The van der Waals surface area contributed by atoms with Crippen molar-refractivity contribution in [3.8, 4) is 0 Å². The Morgan fingerprint density at radius 2 is 2.31 bits per heavy atom. The van der Waals surface area contributed by atoms with E-state index in [1.165, 1.54) is 11.1 Å². The average Bonchev–Trinajstić information content (AvgIpc) is 2.49. The summed E-state index contributed by atoms with van der Waals surface area (Å²) in [6.45, 7) is 1.75. The Labute approximate surface area is 78.8 Å². The second-order valence-corrected chi connectivity index (χ2v) is 3.23. The molecule has 1 aromatic rings. The number of fused-ring (bicyclic) bond motifs is 1. The van der Waals surface area contributed by atoms with Crippen LogP contribution >= 0.6 is 0 Å². The standard InChI is InChI=1S/C9H12BN2O/c1-13-10-12-5-7-3-2-4-9(11)8(7)6-12/h2-4H,5-6,11H2,1H3. The van der Waals surface area contributed by atoms with E-state index in [9.17, 15) is 0 Å². The van der Waals surface area contributed by atoms with Crippen LogP contribution in [0.15, 0.2) is 18.2 Å². The molecule has 13 heavy (non-hydrogen) atoms. The lowest BCUT2D eigenvalue weighted by molar-refractivity contribution is 0.345. The smallest absolute Gasteiger partial charge is 0.399 e. The molecule has 0 spiro atoms. The van der Waals surface area contributed by atoms with E-state index in [4.69, 9.17) is 10.4 Å². The number of hydrogen-bond donors (Lipinski definition) is 1. The van der Waals surface area contributed by atoms with Crippen molar-refractivity contribution in [1.29, 1.82) is 0 Å². The maximum Gasteiger partial charge on any atom is 0.399 e. The first kappa shape index (κ1) is 8.60. The topological polar surface area (TPSA) is 38.5 Å². The van der Waals surface area contributed by atoms with Crippen LogP contribution < -0.4 is 5.73 Å². The van der Waals surface area contributed by atoms with Gasteiger partial charge in [-0.2, -0.15) is 0 Å². The Hall–Kier alpha value is -0.995. The van der Waals surface area contributed by atoms with Gasteiger partial charge in [0.2, 0.25) is 0 Å². The van der Waals surface area contributed by atoms with Crippen LogP contribution in [0.2, 0.25) is 0 Å². The molecule has 3 nitrogen and oxygen atoms in total. The molecule has 0 saturated carbocycles. The second kappa shape index (κ2) is 3.40. The third kappa shape index (κ3) is 1.55. The number of benzene rings is 1. The Morgan fingerprint density at radius 1 is 1.46 bits per heavy atom. The largest absolute Gasteiger partial charge is 0.427 e. The minimum Gasteiger partial charge on any atom is -0.427 e. The minimum atomic E-state index is 0.857. The number of nitrogen functional groups attached to an aromatic ring is 1. The normalized spacial score (nSPS) is 15.8. The van der Waals surface area contributed by atoms with Crippen LogP contribution in [-0.4, -0.2) is 19.5 Å². The van der Waals surface area contributed by atoms with Crippen LogP contribution in [0, 0.1) is 0 Å². The summed E-state index contributed by atoms with van der Waals surface area (Å²) in [5, 5.41) is 0. The van der Waals surface area contributed by atoms with Gasteiger partial charge >= 0.3 is 7.62 Å². The molecule has 1 aromatic carbocycles. The maximum absolute atomic E-state index is 5.85. The summed E-state index contributed by atoms with van der Waals surface area (Å²) < 4.78 is 4.96. The lowest BCUT2D eigenvalue weighted by Crippen LogP contribution is -2.22. The first-order valence-corrected chi connectivity index (χ1v) is 4.27. The highest BCUT2D eigenvalue weighted by molar-refractivity contribution is 6.23. The number of hydrogen-bond acceptors (Lipinski definition) is 3. The van der Waals surface area contributed by atoms with E-state index >= 15 is 0 Å². The van der Waals surface area contributed by atoms with Crippen molar-refractivity contribution in [3.05, 3.63) is 29.3 Å². The maximum atomic E-state index is 5.85. The summed E-state index contributed by atoms with van der Waals surface area (Å²) in [5.74, 6) is 0. The van der Waals surface area contributed by atoms with E-state index in [0.29, 0.717) is 0 Å².